The van der Waals surface area contributed by atoms with E-state index in [4.69, 9.17) is 9.97 Å². The maximum absolute atomic E-state index is 15.5. The van der Waals surface area contributed by atoms with Crippen LogP contribution in [0.1, 0.15) is 55.5 Å². The van der Waals surface area contributed by atoms with E-state index < -0.39 is 11.5 Å². The van der Waals surface area contributed by atoms with Gasteiger partial charge in [-0.25, -0.2) is 23.8 Å². The van der Waals surface area contributed by atoms with Crippen molar-refractivity contribution in [3.05, 3.63) is 105 Å². The van der Waals surface area contributed by atoms with E-state index in [0.717, 1.165) is 44.2 Å². The molecule has 0 radical (unpaired) electrons. The Bertz CT molecular complexity index is 2710. The van der Waals surface area contributed by atoms with Crippen LogP contribution in [0.5, 0.6) is 17.2 Å². The number of anilines is 3. The van der Waals surface area contributed by atoms with Crippen molar-refractivity contribution < 1.29 is 29.3 Å². The van der Waals surface area contributed by atoms with Crippen LogP contribution in [0.2, 0.25) is 0 Å². The molecule has 0 unspecified atom stereocenters. The van der Waals surface area contributed by atoms with E-state index in [2.05, 4.69) is 30.6 Å². The molecule has 0 saturated carbocycles. The van der Waals surface area contributed by atoms with Gasteiger partial charge in [-0.2, -0.15) is 10.1 Å². The third-order valence-corrected chi connectivity index (χ3v) is 11.3. The molecule has 0 atom stereocenters. The minimum atomic E-state index is -0.667. The minimum Gasteiger partial charge on any atom is -0.508 e. The summed E-state index contributed by atoms with van der Waals surface area (Å²) in [5.74, 6) is -0.0984. The standard InChI is InChI=1S/C44H47FN10O6/c1-25(2)33-21-34(39(59)22-38(33)58)42-50-51-44(61)55(42)29-9-8-28(35(45)19-29)23-47-40(60)10-12-46-43-48-36-24-54(37-20-30(57)18-27-6-4-5-7-31(27)37)13-11-32(36)41(49-43)53-16-14-52(15-17-53)26(3)56/h4-9,18-22,25,57-59H,10-17,23-24H2,1-3H3,(H,47,60)(H,51,61)(H,46,48,49). The molecule has 1 saturated heterocycles. The number of carbonyl (C=O) groups is 2. The average molecular weight is 831 g/mol. The van der Waals surface area contributed by atoms with E-state index in [1.807, 2.05) is 43.0 Å². The lowest BCUT2D eigenvalue weighted by atomic mass is 9.98. The summed E-state index contributed by atoms with van der Waals surface area (Å²) < 4.78 is 16.6. The number of amides is 2. The number of aromatic amines is 1. The predicted molar refractivity (Wildman–Crippen MR) is 229 cm³/mol. The van der Waals surface area contributed by atoms with Crippen molar-refractivity contribution in [2.24, 2.45) is 0 Å². The number of fused-ring (bicyclic) bond motifs is 2. The van der Waals surface area contributed by atoms with Crippen LogP contribution in [0.15, 0.2) is 71.5 Å². The monoisotopic (exact) mass is 830 g/mol. The highest BCUT2D eigenvalue weighted by Crippen LogP contribution is 2.38. The van der Waals surface area contributed by atoms with Gasteiger partial charge >= 0.3 is 5.69 Å². The lowest BCUT2D eigenvalue weighted by Crippen LogP contribution is -2.49. The molecule has 6 N–H and O–H groups in total. The van der Waals surface area contributed by atoms with E-state index in [1.54, 1.807) is 25.1 Å². The third-order valence-electron chi connectivity index (χ3n) is 11.3. The first kappa shape index (κ1) is 40.6. The maximum Gasteiger partial charge on any atom is 0.348 e. The molecular weight excluding hydrogens is 784 g/mol. The molecule has 2 aromatic heterocycles. The quantitative estimate of drug-likeness (QED) is 0.103. The number of piperazine rings is 1. The fourth-order valence-corrected chi connectivity index (χ4v) is 8.07. The van der Waals surface area contributed by atoms with Crippen LogP contribution in [0.3, 0.4) is 0 Å². The number of H-pyrrole nitrogens is 1. The lowest BCUT2D eigenvalue weighted by Gasteiger charge is -2.38. The molecule has 2 aliphatic rings. The van der Waals surface area contributed by atoms with Gasteiger partial charge in [0.25, 0.3) is 0 Å². The molecule has 17 heteroatoms. The first-order chi connectivity index (χ1) is 29.3. The summed E-state index contributed by atoms with van der Waals surface area (Å²) in [6.07, 6.45) is 0.708. The van der Waals surface area contributed by atoms with Crippen molar-refractivity contribution in [3.63, 3.8) is 0 Å². The molecule has 4 heterocycles. The van der Waals surface area contributed by atoms with Crippen LogP contribution in [0.25, 0.3) is 27.8 Å². The Morgan fingerprint density at radius 3 is 2.46 bits per heavy atom. The van der Waals surface area contributed by atoms with Crippen LogP contribution < -0.4 is 26.1 Å². The Balaban J connectivity index is 0.950. The normalized spacial score (nSPS) is 14.1. The lowest BCUT2D eigenvalue weighted by molar-refractivity contribution is -0.129. The fraction of sp³-hybridized carbons (Fsp3) is 0.318. The number of benzene rings is 4. The second-order valence-electron chi connectivity index (χ2n) is 15.6. The molecule has 4 aromatic carbocycles. The van der Waals surface area contributed by atoms with Gasteiger partial charge in [-0.15, -0.1) is 0 Å². The van der Waals surface area contributed by atoms with Gasteiger partial charge in [0, 0.05) is 93.5 Å². The zero-order valence-electron chi connectivity index (χ0n) is 34.1. The number of halogens is 1. The van der Waals surface area contributed by atoms with Crippen molar-refractivity contribution in [2.75, 3.05) is 54.4 Å². The number of phenolic OH excluding ortho intramolecular Hbond substituents is 3. The number of nitrogens with one attached hydrogen (secondary N) is 3. The number of nitrogens with zero attached hydrogens (tertiary/aromatic N) is 7. The van der Waals surface area contributed by atoms with Crippen LogP contribution in [-0.4, -0.2) is 96.0 Å². The number of hydrogen-bond acceptors (Lipinski definition) is 12. The Morgan fingerprint density at radius 2 is 1.70 bits per heavy atom. The molecule has 2 amide bonds. The fourth-order valence-electron chi connectivity index (χ4n) is 8.07. The molecule has 0 bridgehead atoms. The number of phenols is 3. The third kappa shape index (κ3) is 8.35. The number of aromatic hydroxyl groups is 3. The minimum absolute atomic E-state index is 0.0327. The molecule has 61 heavy (non-hydrogen) atoms. The number of aromatic nitrogens is 5. The van der Waals surface area contributed by atoms with Crippen LogP contribution >= 0.6 is 0 Å². The van der Waals surface area contributed by atoms with Gasteiger partial charge in [-0.05, 0) is 47.6 Å². The van der Waals surface area contributed by atoms with Gasteiger partial charge in [-0.1, -0.05) is 44.2 Å². The maximum atomic E-state index is 15.5. The van der Waals surface area contributed by atoms with Gasteiger partial charge < -0.3 is 40.7 Å². The van der Waals surface area contributed by atoms with E-state index in [9.17, 15) is 29.7 Å². The zero-order chi connectivity index (χ0) is 42.9. The second-order valence-corrected chi connectivity index (χ2v) is 15.6. The van der Waals surface area contributed by atoms with E-state index in [1.165, 1.54) is 18.2 Å². The second kappa shape index (κ2) is 16.8. The van der Waals surface area contributed by atoms with Gasteiger partial charge in [0.05, 0.1) is 23.5 Å². The van der Waals surface area contributed by atoms with Crippen LogP contribution in [0, 0.1) is 5.82 Å². The summed E-state index contributed by atoms with van der Waals surface area (Å²) in [4.78, 5) is 54.0. The molecule has 2 aliphatic heterocycles. The highest BCUT2D eigenvalue weighted by atomic mass is 19.1. The number of rotatable bonds is 11. The van der Waals surface area contributed by atoms with Gasteiger partial charge in [0.2, 0.25) is 17.8 Å². The van der Waals surface area contributed by atoms with Crippen molar-refractivity contribution in [1.29, 1.82) is 0 Å². The Morgan fingerprint density at radius 1 is 0.918 bits per heavy atom. The van der Waals surface area contributed by atoms with Gasteiger partial charge in [0.15, 0.2) is 5.82 Å². The van der Waals surface area contributed by atoms with Crippen LogP contribution in [0.4, 0.5) is 21.8 Å². The summed E-state index contributed by atoms with van der Waals surface area (Å²) in [5, 5.41) is 45.8. The molecule has 8 rings (SSSR count). The summed E-state index contributed by atoms with van der Waals surface area (Å²) in [6, 6.07) is 18.3. The molecule has 0 aliphatic carbocycles. The molecule has 6 aromatic rings. The predicted octanol–water partition coefficient (Wildman–Crippen LogP) is 4.90. The van der Waals surface area contributed by atoms with E-state index in [0.29, 0.717) is 57.2 Å². The molecule has 0 spiro atoms. The summed E-state index contributed by atoms with van der Waals surface area (Å²) in [6.45, 7) is 8.94. The highest BCUT2D eigenvalue weighted by molar-refractivity contribution is 5.95. The van der Waals surface area contributed by atoms with Crippen molar-refractivity contribution >= 4 is 40.0 Å². The molecule has 1 fully saturated rings. The summed E-state index contributed by atoms with van der Waals surface area (Å²) >= 11 is 0. The van der Waals surface area contributed by atoms with Crippen molar-refractivity contribution in [3.8, 4) is 34.3 Å². The average Bonchev–Trinajstić information content (AvgIpc) is 3.62. The summed E-state index contributed by atoms with van der Waals surface area (Å²) in [7, 11) is 0. The summed E-state index contributed by atoms with van der Waals surface area (Å²) in [5.41, 5.74) is 3.16. The smallest absolute Gasteiger partial charge is 0.348 e. The topological polar surface area (TPSA) is 205 Å². The number of carbonyl (C=O) groups excluding carboxylic acids is 2. The van der Waals surface area contributed by atoms with E-state index in [-0.39, 0.29) is 77.1 Å². The molecular formula is C44H47FN10O6. The SMILES string of the molecule is CC(=O)N1CCN(c2nc(NCCC(=O)NCc3ccc(-n4c(-c5cc(C(C)C)c(O)cc5O)n[nH]c4=O)cc3F)nc3c2CCN(c2cc(O)cc4ccccc24)C3)CC1. The first-order valence-electron chi connectivity index (χ1n) is 20.2. The highest BCUT2D eigenvalue weighted by Gasteiger charge is 2.29. The van der Waals surface area contributed by atoms with Gasteiger partial charge in [0.1, 0.15) is 28.9 Å². The Kier molecular flexibility index (Phi) is 11.2. The van der Waals surface area contributed by atoms with Crippen LogP contribution in [-0.2, 0) is 29.1 Å². The van der Waals surface area contributed by atoms with Crippen molar-refractivity contribution in [2.45, 2.75) is 52.6 Å². The molecule has 16 nitrogen and oxygen atoms in total. The first-order valence-corrected chi connectivity index (χ1v) is 20.2. The van der Waals surface area contributed by atoms with Crippen molar-refractivity contribution in [1.82, 2.24) is 34.9 Å². The zero-order valence-corrected chi connectivity index (χ0v) is 34.1. The largest absolute Gasteiger partial charge is 0.508 e. The Labute approximate surface area is 350 Å². The van der Waals surface area contributed by atoms with E-state index >= 15 is 4.39 Å². The number of hydrogen-bond donors (Lipinski definition) is 6. The molecule has 316 valence electrons. The van der Waals surface area contributed by atoms with Gasteiger partial charge in [-0.3, -0.25) is 9.59 Å². The Hall–Kier alpha value is -7.17.